The number of carboxylic acids is 1. The standard InChI is InChI=1S/C17H14O2S/c1-10-8-11(2)15(17(18)19)9-14(10)13-5-3-4-12-6-7-20-16(12)13/h3-9H,1-2H3,(H,18,19). The summed E-state index contributed by atoms with van der Waals surface area (Å²) < 4.78 is 1.20. The van der Waals surface area contributed by atoms with Gasteiger partial charge in [-0.25, -0.2) is 4.79 Å². The Balaban J connectivity index is 2.31. The third-order valence-corrected chi connectivity index (χ3v) is 4.53. The minimum absolute atomic E-state index is 0.374. The number of aryl methyl sites for hydroxylation is 2. The average molecular weight is 282 g/mol. The van der Waals surface area contributed by atoms with E-state index in [0.29, 0.717) is 5.56 Å². The van der Waals surface area contributed by atoms with Gasteiger partial charge in [0.05, 0.1) is 5.56 Å². The van der Waals surface area contributed by atoms with Crippen molar-refractivity contribution < 1.29 is 9.90 Å². The predicted molar refractivity (Wildman–Crippen MR) is 83.7 cm³/mol. The molecule has 3 rings (SSSR count). The Morgan fingerprint density at radius 1 is 1.05 bits per heavy atom. The van der Waals surface area contributed by atoms with Crippen molar-refractivity contribution in [3.8, 4) is 11.1 Å². The van der Waals surface area contributed by atoms with Gasteiger partial charge in [-0.2, -0.15) is 0 Å². The van der Waals surface area contributed by atoms with Gasteiger partial charge in [0.1, 0.15) is 0 Å². The number of benzene rings is 2. The number of aromatic carboxylic acids is 1. The second-order valence-electron chi connectivity index (χ2n) is 4.93. The van der Waals surface area contributed by atoms with E-state index in [1.807, 2.05) is 26.0 Å². The molecule has 0 spiro atoms. The lowest BCUT2D eigenvalue weighted by Crippen LogP contribution is -2.01. The van der Waals surface area contributed by atoms with Crippen molar-refractivity contribution in [1.82, 2.24) is 0 Å². The molecule has 1 heterocycles. The van der Waals surface area contributed by atoms with E-state index < -0.39 is 5.97 Å². The molecule has 0 aliphatic rings. The lowest BCUT2D eigenvalue weighted by atomic mass is 9.94. The third kappa shape index (κ3) is 2.00. The molecule has 0 aliphatic carbocycles. The molecule has 0 amide bonds. The van der Waals surface area contributed by atoms with E-state index in [0.717, 1.165) is 22.3 Å². The number of hydrogen-bond acceptors (Lipinski definition) is 2. The molecule has 0 atom stereocenters. The van der Waals surface area contributed by atoms with Crippen molar-refractivity contribution in [3.63, 3.8) is 0 Å². The van der Waals surface area contributed by atoms with E-state index >= 15 is 0 Å². The number of thiophene rings is 1. The van der Waals surface area contributed by atoms with Gasteiger partial charge in [0.15, 0.2) is 0 Å². The number of hydrogen-bond donors (Lipinski definition) is 1. The molecular weight excluding hydrogens is 268 g/mol. The van der Waals surface area contributed by atoms with Crippen LogP contribution in [0.2, 0.25) is 0 Å². The van der Waals surface area contributed by atoms with Crippen molar-refractivity contribution in [3.05, 3.63) is 58.5 Å². The first-order chi connectivity index (χ1) is 9.58. The molecule has 2 aromatic carbocycles. The highest BCUT2D eigenvalue weighted by Gasteiger charge is 2.13. The van der Waals surface area contributed by atoms with E-state index in [-0.39, 0.29) is 0 Å². The Morgan fingerprint density at radius 3 is 2.60 bits per heavy atom. The van der Waals surface area contributed by atoms with Gasteiger partial charge >= 0.3 is 5.97 Å². The first-order valence-electron chi connectivity index (χ1n) is 6.39. The van der Waals surface area contributed by atoms with Gasteiger partial charge in [-0.3, -0.25) is 0 Å². The molecule has 0 radical (unpaired) electrons. The van der Waals surface area contributed by atoms with Crippen LogP contribution in [0.15, 0.2) is 41.8 Å². The quantitative estimate of drug-likeness (QED) is 0.727. The van der Waals surface area contributed by atoms with Crippen LogP contribution in [0.4, 0.5) is 0 Å². The predicted octanol–water partition coefficient (Wildman–Crippen LogP) is 4.88. The van der Waals surface area contributed by atoms with Gasteiger partial charge in [-0.1, -0.05) is 24.3 Å². The number of carbonyl (C=O) groups is 1. The first kappa shape index (κ1) is 12.9. The van der Waals surface area contributed by atoms with E-state index in [2.05, 4.69) is 23.6 Å². The van der Waals surface area contributed by atoms with Crippen molar-refractivity contribution in [2.75, 3.05) is 0 Å². The van der Waals surface area contributed by atoms with Crippen LogP contribution >= 0.6 is 11.3 Å². The molecule has 0 unspecified atom stereocenters. The molecule has 1 aromatic heterocycles. The maximum Gasteiger partial charge on any atom is 0.335 e. The van der Waals surface area contributed by atoms with Gasteiger partial charge in [0.25, 0.3) is 0 Å². The van der Waals surface area contributed by atoms with E-state index in [9.17, 15) is 9.90 Å². The van der Waals surface area contributed by atoms with Gasteiger partial charge < -0.3 is 5.11 Å². The smallest absolute Gasteiger partial charge is 0.335 e. The molecule has 0 bridgehead atoms. The summed E-state index contributed by atoms with van der Waals surface area (Å²) in [5.41, 5.74) is 4.39. The molecule has 100 valence electrons. The Hall–Kier alpha value is -2.13. The summed E-state index contributed by atoms with van der Waals surface area (Å²) in [5, 5.41) is 12.6. The fraction of sp³-hybridized carbons (Fsp3) is 0.118. The molecular formula is C17H14O2S. The Bertz CT molecular complexity index is 815. The average Bonchev–Trinajstić information content (AvgIpc) is 2.86. The minimum Gasteiger partial charge on any atom is -0.478 e. The summed E-state index contributed by atoms with van der Waals surface area (Å²) >= 11 is 1.69. The third-order valence-electron chi connectivity index (χ3n) is 3.57. The Kier molecular flexibility index (Phi) is 3.07. The zero-order chi connectivity index (χ0) is 14.3. The Labute approximate surface area is 121 Å². The molecule has 0 saturated heterocycles. The zero-order valence-electron chi connectivity index (χ0n) is 11.3. The first-order valence-corrected chi connectivity index (χ1v) is 7.27. The van der Waals surface area contributed by atoms with Crippen LogP contribution in [0, 0.1) is 13.8 Å². The van der Waals surface area contributed by atoms with Crippen molar-refractivity contribution >= 4 is 27.4 Å². The summed E-state index contributed by atoms with van der Waals surface area (Å²) in [6.07, 6.45) is 0. The topological polar surface area (TPSA) is 37.3 Å². The molecule has 1 N–H and O–H groups in total. The lowest BCUT2D eigenvalue weighted by Gasteiger charge is -2.11. The van der Waals surface area contributed by atoms with Crippen LogP contribution < -0.4 is 0 Å². The minimum atomic E-state index is -0.873. The van der Waals surface area contributed by atoms with Gasteiger partial charge in [0, 0.05) is 4.70 Å². The fourth-order valence-electron chi connectivity index (χ4n) is 2.58. The lowest BCUT2D eigenvalue weighted by molar-refractivity contribution is 0.0696. The zero-order valence-corrected chi connectivity index (χ0v) is 12.1. The van der Waals surface area contributed by atoms with E-state index in [1.165, 1.54) is 10.1 Å². The van der Waals surface area contributed by atoms with Crippen molar-refractivity contribution in [1.29, 1.82) is 0 Å². The van der Waals surface area contributed by atoms with Crippen LogP contribution in [-0.4, -0.2) is 11.1 Å². The second kappa shape index (κ2) is 4.76. The summed E-state index contributed by atoms with van der Waals surface area (Å²) in [6.45, 7) is 3.87. The number of rotatable bonds is 2. The van der Waals surface area contributed by atoms with E-state index in [1.54, 1.807) is 17.4 Å². The SMILES string of the molecule is Cc1cc(C)c(-c2cccc3ccsc23)cc1C(=O)O. The second-order valence-corrected chi connectivity index (χ2v) is 5.85. The molecule has 0 fully saturated rings. The fourth-order valence-corrected chi connectivity index (χ4v) is 3.51. The number of carboxylic acid groups (broad SMARTS) is 1. The van der Waals surface area contributed by atoms with E-state index in [4.69, 9.17) is 0 Å². The van der Waals surface area contributed by atoms with Crippen LogP contribution in [0.1, 0.15) is 21.5 Å². The maximum atomic E-state index is 11.3. The van der Waals surface area contributed by atoms with Crippen LogP contribution in [0.25, 0.3) is 21.2 Å². The summed E-state index contributed by atoms with van der Waals surface area (Å²) in [6, 6.07) is 12.0. The molecule has 0 aliphatic heterocycles. The van der Waals surface area contributed by atoms with Gasteiger partial charge in [-0.05, 0) is 59.0 Å². The van der Waals surface area contributed by atoms with Crippen LogP contribution in [0.5, 0.6) is 0 Å². The summed E-state index contributed by atoms with van der Waals surface area (Å²) in [5.74, 6) is -0.873. The monoisotopic (exact) mass is 282 g/mol. The van der Waals surface area contributed by atoms with Crippen molar-refractivity contribution in [2.45, 2.75) is 13.8 Å². The Morgan fingerprint density at radius 2 is 1.85 bits per heavy atom. The molecule has 2 nitrogen and oxygen atoms in total. The highest BCUT2D eigenvalue weighted by atomic mass is 32.1. The normalized spacial score (nSPS) is 10.9. The highest BCUT2D eigenvalue weighted by Crippen LogP contribution is 2.35. The van der Waals surface area contributed by atoms with Crippen LogP contribution in [0.3, 0.4) is 0 Å². The van der Waals surface area contributed by atoms with Crippen molar-refractivity contribution in [2.24, 2.45) is 0 Å². The highest BCUT2D eigenvalue weighted by molar-refractivity contribution is 7.17. The molecule has 3 heteroatoms. The van der Waals surface area contributed by atoms with Crippen LogP contribution in [-0.2, 0) is 0 Å². The summed E-state index contributed by atoms with van der Waals surface area (Å²) in [4.78, 5) is 11.3. The summed E-state index contributed by atoms with van der Waals surface area (Å²) in [7, 11) is 0. The molecule has 20 heavy (non-hydrogen) atoms. The van der Waals surface area contributed by atoms with Gasteiger partial charge in [0.2, 0.25) is 0 Å². The number of fused-ring (bicyclic) bond motifs is 1. The molecule has 0 saturated carbocycles. The maximum absolute atomic E-state index is 11.3. The molecule has 3 aromatic rings. The van der Waals surface area contributed by atoms with Gasteiger partial charge in [-0.15, -0.1) is 11.3 Å². The largest absolute Gasteiger partial charge is 0.478 e.